The summed E-state index contributed by atoms with van der Waals surface area (Å²) in [5.74, 6) is -0.870. The number of allylic oxidation sites excluding steroid dienone is 6. The molecule has 0 saturated heterocycles. The van der Waals surface area contributed by atoms with Crippen molar-refractivity contribution >= 4 is 17.9 Å². The van der Waals surface area contributed by atoms with Gasteiger partial charge in [-0.3, -0.25) is 14.4 Å². The maximum Gasteiger partial charge on any atom is 0.306 e. The van der Waals surface area contributed by atoms with E-state index in [9.17, 15) is 14.4 Å². The van der Waals surface area contributed by atoms with E-state index in [2.05, 4.69) is 57.2 Å². The molecule has 0 aromatic heterocycles. The van der Waals surface area contributed by atoms with E-state index in [4.69, 9.17) is 14.2 Å². The van der Waals surface area contributed by atoms with Crippen LogP contribution in [0.25, 0.3) is 0 Å². The number of hydrogen-bond donors (Lipinski definition) is 0. The van der Waals surface area contributed by atoms with Gasteiger partial charge in [0.25, 0.3) is 0 Å². The highest BCUT2D eigenvalue weighted by molar-refractivity contribution is 5.71. The fourth-order valence-corrected chi connectivity index (χ4v) is 8.82. The summed E-state index contributed by atoms with van der Waals surface area (Å²) in [5.41, 5.74) is 0. The second-order valence-corrected chi connectivity index (χ2v) is 20.3. The zero-order valence-corrected chi connectivity index (χ0v) is 45.6. The van der Waals surface area contributed by atoms with Gasteiger partial charge in [0.1, 0.15) is 13.2 Å². The molecule has 6 heteroatoms. The summed E-state index contributed by atoms with van der Waals surface area (Å²) in [5, 5.41) is 0. The molecule has 0 bridgehead atoms. The molecule has 0 saturated carbocycles. The summed E-state index contributed by atoms with van der Waals surface area (Å²) in [6.07, 6.45) is 68.5. The predicted molar refractivity (Wildman–Crippen MR) is 293 cm³/mol. The molecule has 0 spiro atoms. The standard InChI is InChI=1S/C62H114O6/c1-4-7-10-13-16-19-22-25-28-30-31-32-35-37-40-43-46-49-52-55-61(64)67-58-59(57-66-60(63)54-51-48-45-42-39-36-33-27-24-21-18-15-12-9-6-3)68-62(65)56-53-50-47-44-41-38-34-29-26-23-20-17-14-11-8-5-2/h18,21,25,27-28,33,59H,4-17,19-20,22-24,26,29-32,34-58H2,1-3H3/b21-18-,28-25-,33-27-/t59-/m1/s1. The van der Waals surface area contributed by atoms with Gasteiger partial charge in [-0.05, 0) is 77.0 Å². The van der Waals surface area contributed by atoms with Crippen LogP contribution in [0.15, 0.2) is 36.5 Å². The summed E-state index contributed by atoms with van der Waals surface area (Å²) in [6.45, 7) is 6.64. The van der Waals surface area contributed by atoms with Crippen molar-refractivity contribution in [2.24, 2.45) is 0 Å². The van der Waals surface area contributed by atoms with Crippen molar-refractivity contribution in [3.8, 4) is 0 Å². The Balaban J connectivity index is 4.34. The Kier molecular flexibility index (Phi) is 55.2. The van der Waals surface area contributed by atoms with Gasteiger partial charge in [-0.25, -0.2) is 0 Å². The van der Waals surface area contributed by atoms with Crippen LogP contribution in [0.2, 0.25) is 0 Å². The van der Waals surface area contributed by atoms with Crippen molar-refractivity contribution in [2.75, 3.05) is 13.2 Å². The Morgan fingerprint density at radius 2 is 0.529 bits per heavy atom. The SMILES string of the molecule is CCCCC/C=C\C/C=C\CCCCCCCC(=O)OC[C@H](COC(=O)CCCCCCCCCCC/C=C\CCCCCCCC)OC(=O)CCCCCCCCCCCCCCCCCC. The number of carbonyl (C=O) groups excluding carboxylic acids is 3. The van der Waals surface area contributed by atoms with Crippen LogP contribution in [0, 0.1) is 0 Å². The third-order valence-electron chi connectivity index (χ3n) is 13.4. The van der Waals surface area contributed by atoms with Crippen molar-refractivity contribution < 1.29 is 28.6 Å². The Bertz CT molecular complexity index is 1140. The molecule has 6 nitrogen and oxygen atoms in total. The molecule has 0 aliphatic heterocycles. The molecule has 0 amide bonds. The second kappa shape index (κ2) is 57.2. The molecule has 0 aliphatic carbocycles. The molecule has 0 aliphatic rings. The highest BCUT2D eigenvalue weighted by Crippen LogP contribution is 2.17. The Morgan fingerprint density at radius 1 is 0.294 bits per heavy atom. The minimum Gasteiger partial charge on any atom is -0.462 e. The van der Waals surface area contributed by atoms with Crippen LogP contribution in [-0.4, -0.2) is 37.2 Å². The Hall–Kier alpha value is -2.37. The lowest BCUT2D eigenvalue weighted by molar-refractivity contribution is -0.167. The van der Waals surface area contributed by atoms with Gasteiger partial charge in [0.2, 0.25) is 0 Å². The molecule has 0 aromatic carbocycles. The van der Waals surface area contributed by atoms with Crippen molar-refractivity contribution in [3.05, 3.63) is 36.5 Å². The van der Waals surface area contributed by atoms with Gasteiger partial charge in [0.15, 0.2) is 6.10 Å². The van der Waals surface area contributed by atoms with Gasteiger partial charge in [0.05, 0.1) is 0 Å². The van der Waals surface area contributed by atoms with Crippen molar-refractivity contribution in [1.82, 2.24) is 0 Å². The average molecular weight is 956 g/mol. The molecule has 0 unspecified atom stereocenters. The number of carbonyl (C=O) groups is 3. The summed E-state index contributed by atoms with van der Waals surface area (Å²) >= 11 is 0. The number of unbranched alkanes of at least 4 members (excludes halogenated alkanes) is 38. The molecular weight excluding hydrogens is 841 g/mol. The number of ether oxygens (including phenoxy) is 3. The van der Waals surface area contributed by atoms with Crippen LogP contribution in [-0.2, 0) is 28.6 Å². The van der Waals surface area contributed by atoms with Gasteiger partial charge in [-0.1, -0.05) is 263 Å². The van der Waals surface area contributed by atoms with E-state index in [1.165, 1.54) is 205 Å². The molecule has 398 valence electrons. The minimum atomic E-state index is -0.776. The smallest absolute Gasteiger partial charge is 0.306 e. The molecule has 1 atom stereocenters. The van der Waals surface area contributed by atoms with Crippen molar-refractivity contribution in [1.29, 1.82) is 0 Å². The fourth-order valence-electron chi connectivity index (χ4n) is 8.82. The Morgan fingerprint density at radius 3 is 0.853 bits per heavy atom. The number of hydrogen-bond acceptors (Lipinski definition) is 6. The normalized spacial score (nSPS) is 12.2. The molecule has 0 radical (unpaired) electrons. The average Bonchev–Trinajstić information content (AvgIpc) is 3.34. The van der Waals surface area contributed by atoms with E-state index >= 15 is 0 Å². The first kappa shape index (κ1) is 65.6. The summed E-state index contributed by atoms with van der Waals surface area (Å²) in [4.78, 5) is 38.2. The number of rotatable bonds is 55. The lowest BCUT2D eigenvalue weighted by Gasteiger charge is -2.18. The zero-order valence-electron chi connectivity index (χ0n) is 45.6. The first-order valence-electron chi connectivity index (χ1n) is 30.0. The van der Waals surface area contributed by atoms with Gasteiger partial charge in [0, 0.05) is 19.3 Å². The molecule has 68 heavy (non-hydrogen) atoms. The van der Waals surface area contributed by atoms with Crippen LogP contribution in [0.5, 0.6) is 0 Å². The fraction of sp³-hybridized carbons (Fsp3) is 0.855. The maximum atomic E-state index is 12.9. The van der Waals surface area contributed by atoms with Crippen molar-refractivity contribution in [3.63, 3.8) is 0 Å². The van der Waals surface area contributed by atoms with E-state index in [1.807, 2.05) is 0 Å². The highest BCUT2D eigenvalue weighted by Gasteiger charge is 2.19. The van der Waals surface area contributed by atoms with Crippen LogP contribution >= 0.6 is 0 Å². The Labute approximate surface area is 423 Å². The molecular formula is C62H114O6. The summed E-state index contributed by atoms with van der Waals surface area (Å²) in [6, 6.07) is 0. The first-order chi connectivity index (χ1) is 33.5. The van der Waals surface area contributed by atoms with Crippen LogP contribution < -0.4 is 0 Å². The quantitative estimate of drug-likeness (QED) is 0.0262. The second-order valence-electron chi connectivity index (χ2n) is 20.3. The zero-order chi connectivity index (χ0) is 49.3. The lowest BCUT2D eigenvalue weighted by atomic mass is 10.0. The van der Waals surface area contributed by atoms with E-state index in [1.54, 1.807) is 0 Å². The molecule has 0 N–H and O–H groups in total. The monoisotopic (exact) mass is 955 g/mol. The predicted octanol–water partition coefficient (Wildman–Crippen LogP) is 20.0. The summed E-state index contributed by atoms with van der Waals surface area (Å²) < 4.78 is 16.9. The third kappa shape index (κ3) is 54.6. The van der Waals surface area contributed by atoms with Crippen LogP contribution in [0.4, 0.5) is 0 Å². The minimum absolute atomic E-state index is 0.0740. The van der Waals surface area contributed by atoms with E-state index in [-0.39, 0.29) is 31.1 Å². The molecule has 0 fully saturated rings. The highest BCUT2D eigenvalue weighted by atomic mass is 16.6. The van der Waals surface area contributed by atoms with Gasteiger partial charge in [-0.15, -0.1) is 0 Å². The topological polar surface area (TPSA) is 78.9 Å². The van der Waals surface area contributed by atoms with Gasteiger partial charge in [-0.2, -0.15) is 0 Å². The van der Waals surface area contributed by atoms with Crippen molar-refractivity contribution in [2.45, 2.75) is 329 Å². The van der Waals surface area contributed by atoms with Crippen LogP contribution in [0.1, 0.15) is 323 Å². The first-order valence-corrected chi connectivity index (χ1v) is 30.0. The molecule has 0 heterocycles. The lowest BCUT2D eigenvalue weighted by Crippen LogP contribution is -2.30. The van der Waals surface area contributed by atoms with E-state index in [0.29, 0.717) is 19.3 Å². The third-order valence-corrected chi connectivity index (χ3v) is 13.4. The maximum absolute atomic E-state index is 12.9. The van der Waals surface area contributed by atoms with E-state index in [0.717, 1.165) is 77.0 Å². The summed E-state index contributed by atoms with van der Waals surface area (Å²) in [7, 11) is 0. The molecule has 0 aromatic rings. The largest absolute Gasteiger partial charge is 0.462 e. The van der Waals surface area contributed by atoms with Crippen LogP contribution in [0.3, 0.4) is 0 Å². The van der Waals surface area contributed by atoms with Gasteiger partial charge < -0.3 is 14.2 Å². The van der Waals surface area contributed by atoms with Gasteiger partial charge >= 0.3 is 17.9 Å². The van der Waals surface area contributed by atoms with E-state index < -0.39 is 6.10 Å². The number of esters is 3. The molecule has 0 rings (SSSR count).